The number of hydrogen-bond donors (Lipinski definition) is 0. The average molecular weight is 427 g/mol. The summed E-state index contributed by atoms with van der Waals surface area (Å²) < 4.78 is 18.1. The fourth-order valence-electron chi connectivity index (χ4n) is 4.31. The number of hydrogen-bond acceptors (Lipinski definition) is 7. The van der Waals surface area contributed by atoms with Gasteiger partial charge in [-0.2, -0.15) is 4.98 Å². The van der Waals surface area contributed by atoms with E-state index in [-0.39, 0.29) is 18.2 Å². The van der Waals surface area contributed by atoms with E-state index in [1.165, 1.54) is 6.42 Å². The molecule has 2 aliphatic rings. The lowest BCUT2D eigenvalue weighted by atomic mass is 10.0. The molecule has 7 nitrogen and oxygen atoms in total. The predicted molar refractivity (Wildman–Crippen MR) is 119 cm³/mol. The molecule has 0 spiro atoms. The molecule has 0 amide bonds. The standard InChI is InChI=1S/C24H34N4O3/c1-5-6-7-20-15-29-24-22(30-20)9-8-21(27-24)17(3)28-12-10-19(11-13-28)31-23-14-16(2)25-18(4)26-23/h8-9,14,17,19-20H,5-7,10-13,15H2,1-4H3. The highest BCUT2D eigenvalue weighted by atomic mass is 16.6. The van der Waals surface area contributed by atoms with Crippen molar-refractivity contribution in [2.75, 3.05) is 19.7 Å². The lowest BCUT2D eigenvalue weighted by Crippen LogP contribution is -2.40. The van der Waals surface area contributed by atoms with Crippen molar-refractivity contribution in [3.63, 3.8) is 0 Å². The van der Waals surface area contributed by atoms with E-state index in [4.69, 9.17) is 19.2 Å². The fraction of sp³-hybridized carbons (Fsp3) is 0.625. The van der Waals surface area contributed by atoms with Crippen LogP contribution in [0.15, 0.2) is 18.2 Å². The first-order valence-electron chi connectivity index (χ1n) is 11.5. The topological polar surface area (TPSA) is 69.6 Å². The first-order chi connectivity index (χ1) is 15.0. The first-order valence-corrected chi connectivity index (χ1v) is 11.5. The van der Waals surface area contributed by atoms with Crippen LogP contribution in [-0.2, 0) is 0 Å². The van der Waals surface area contributed by atoms with E-state index in [1.807, 2.05) is 26.0 Å². The van der Waals surface area contributed by atoms with Gasteiger partial charge in [0.25, 0.3) is 5.88 Å². The van der Waals surface area contributed by atoms with Gasteiger partial charge in [-0.15, -0.1) is 0 Å². The van der Waals surface area contributed by atoms with E-state index in [1.54, 1.807) is 0 Å². The van der Waals surface area contributed by atoms with E-state index in [0.29, 0.717) is 18.4 Å². The minimum Gasteiger partial charge on any atom is -0.481 e. The highest BCUT2D eigenvalue weighted by molar-refractivity contribution is 5.37. The summed E-state index contributed by atoms with van der Waals surface area (Å²) in [6.45, 7) is 10.8. The molecule has 0 N–H and O–H groups in total. The van der Waals surface area contributed by atoms with Gasteiger partial charge in [0, 0.05) is 30.9 Å². The summed E-state index contributed by atoms with van der Waals surface area (Å²) in [5.74, 6) is 2.83. The summed E-state index contributed by atoms with van der Waals surface area (Å²) in [6, 6.07) is 6.22. The number of rotatable bonds is 7. The van der Waals surface area contributed by atoms with Crippen LogP contribution in [0, 0.1) is 13.8 Å². The van der Waals surface area contributed by atoms with Crippen LogP contribution in [0.25, 0.3) is 0 Å². The molecular weight excluding hydrogens is 392 g/mol. The van der Waals surface area contributed by atoms with Crippen LogP contribution in [0.1, 0.15) is 69.2 Å². The minimum atomic E-state index is 0.138. The van der Waals surface area contributed by atoms with Crippen LogP contribution >= 0.6 is 0 Å². The summed E-state index contributed by atoms with van der Waals surface area (Å²) in [6.07, 6.45) is 5.61. The minimum absolute atomic E-state index is 0.138. The monoisotopic (exact) mass is 426 g/mol. The number of aryl methyl sites for hydroxylation is 2. The predicted octanol–water partition coefficient (Wildman–Crippen LogP) is 4.42. The van der Waals surface area contributed by atoms with Gasteiger partial charge >= 0.3 is 0 Å². The summed E-state index contributed by atoms with van der Waals surface area (Å²) in [4.78, 5) is 16.0. The van der Waals surface area contributed by atoms with Crippen molar-refractivity contribution in [1.29, 1.82) is 0 Å². The first kappa shape index (κ1) is 21.8. The Morgan fingerprint density at radius 3 is 2.71 bits per heavy atom. The molecule has 2 aliphatic heterocycles. The second-order valence-corrected chi connectivity index (χ2v) is 8.66. The molecule has 2 atom stereocenters. The Kier molecular flexibility index (Phi) is 6.90. The molecule has 2 aromatic rings. The number of piperidine rings is 1. The maximum absolute atomic E-state index is 6.13. The largest absolute Gasteiger partial charge is 0.481 e. The van der Waals surface area contributed by atoms with Gasteiger partial charge in [0.2, 0.25) is 5.88 Å². The zero-order valence-corrected chi connectivity index (χ0v) is 19.1. The number of likely N-dealkylation sites (tertiary alicyclic amines) is 1. The maximum atomic E-state index is 6.13. The molecule has 0 saturated carbocycles. The zero-order valence-electron chi connectivity index (χ0n) is 19.1. The van der Waals surface area contributed by atoms with Crippen LogP contribution in [0.3, 0.4) is 0 Å². The van der Waals surface area contributed by atoms with Crippen molar-refractivity contribution in [1.82, 2.24) is 19.9 Å². The number of aromatic nitrogens is 3. The van der Waals surface area contributed by atoms with Crippen LogP contribution in [0.2, 0.25) is 0 Å². The van der Waals surface area contributed by atoms with Crippen molar-refractivity contribution in [3.05, 3.63) is 35.4 Å². The van der Waals surface area contributed by atoms with E-state index in [2.05, 4.69) is 34.8 Å². The third-order valence-corrected chi connectivity index (χ3v) is 6.11. The summed E-state index contributed by atoms with van der Waals surface area (Å²) in [5.41, 5.74) is 1.96. The fourth-order valence-corrected chi connectivity index (χ4v) is 4.31. The highest BCUT2D eigenvalue weighted by Gasteiger charge is 2.28. The molecule has 0 aliphatic carbocycles. The quantitative estimate of drug-likeness (QED) is 0.649. The Balaban J connectivity index is 1.32. The summed E-state index contributed by atoms with van der Waals surface area (Å²) in [5, 5.41) is 0. The van der Waals surface area contributed by atoms with Crippen molar-refractivity contribution in [3.8, 4) is 17.5 Å². The van der Waals surface area contributed by atoms with Crippen LogP contribution < -0.4 is 14.2 Å². The molecule has 0 aromatic carbocycles. The third kappa shape index (κ3) is 5.45. The lowest BCUT2D eigenvalue weighted by Gasteiger charge is -2.36. The Labute approximate surface area is 185 Å². The average Bonchev–Trinajstić information content (AvgIpc) is 2.76. The molecule has 31 heavy (non-hydrogen) atoms. The molecule has 168 valence electrons. The van der Waals surface area contributed by atoms with Crippen molar-refractivity contribution in [2.24, 2.45) is 0 Å². The van der Waals surface area contributed by atoms with Gasteiger partial charge in [-0.25, -0.2) is 9.97 Å². The van der Waals surface area contributed by atoms with Crippen LogP contribution in [0.4, 0.5) is 0 Å². The number of fused-ring (bicyclic) bond motifs is 1. The molecule has 1 saturated heterocycles. The molecule has 4 heterocycles. The van der Waals surface area contributed by atoms with Gasteiger partial charge in [-0.05, 0) is 58.6 Å². The highest BCUT2D eigenvalue weighted by Crippen LogP contribution is 2.34. The zero-order chi connectivity index (χ0) is 21.8. The summed E-state index contributed by atoms with van der Waals surface area (Å²) >= 11 is 0. The molecular formula is C24H34N4O3. The molecule has 7 heteroatoms. The molecule has 0 radical (unpaired) electrons. The van der Waals surface area contributed by atoms with E-state index in [0.717, 1.165) is 61.7 Å². The van der Waals surface area contributed by atoms with E-state index < -0.39 is 0 Å². The third-order valence-electron chi connectivity index (χ3n) is 6.11. The molecule has 2 aromatic heterocycles. The van der Waals surface area contributed by atoms with Gasteiger partial charge in [-0.3, -0.25) is 4.90 Å². The van der Waals surface area contributed by atoms with Gasteiger partial charge in [0.15, 0.2) is 5.75 Å². The molecule has 4 rings (SSSR count). The van der Waals surface area contributed by atoms with Gasteiger partial charge in [0.05, 0.1) is 5.69 Å². The Hall–Kier alpha value is -2.41. The number of unbranched alkanes of at least 4 members (excludes halogenated alkanes) is 1. The maximum Gasteiger partial charge on any atom is 0.257 e. The van der Waals surface area contributed by atoms with E-state index in [9.17, 15) is 0 Å². The van der Waals surface area contributed by atoms with Gasteiger partial charge < -0.3 is 14.2 Å². The van der Waals surface area contributed by atoms with Gasteiger partial charge in [-0.1, -0.05) is 13.3 Å². The molecule has 1 fully saturated rings. The summed E-state index contributed by atoms with van der Waals surface area (Å²) in [7, 11) is 0. The van der Waals surface area contributed by atoms with E-state index >= 15 is 0 Å². The second kappa shape index (κ2) is 9.81. The molecule has 2 unspecified atom stereocenters. The number of pyridine rings is 1. The Morgan fingerprint density at radius 1 is 1.16 bits per heavy atom. The van der Waals surface area contributed by atoms with Gasteiger partial charge in [0.1, 0.15) is 24.6 Å². The van der Waals surface area contributed by atoms with Crippen LogP contribution in [0.5, 0.6) is 17.5 Å². The Morgan fingerprint density at radius 2 is 1.97 bits per heavy atom. The number of ether oxygens (including phenoxy) is 3. The molecule has 0 bridgehead atoms. The SMILES string of the molecule is CCCCC1COc2nc(C(C)N3CCC(Oc4cc(C)nc(C)n4)CC3)ccc2O1. The smallest absolute Gasteiger partial charge is 0.257 e. The lowest BCUT2D eigenvalue weighted by molar-refractivity contribution is 0.0706. The number of nitrogens with zero attached hydrogens (tertiary/aromatic N) is 4. The van der Waals surface area contributed by atoms with Crippen molar-refractivity contribution in [2.45, 2.75) is 78.0 Å². The Bertz CT molecular complexity index is 863. The van der Waals surface area contributed by atoms with Crippen molar-refractivity contribution >= 4 is 0 Å². The normalized spacial score (nSPS) is 20.5. The second-order valence-electron chi connectivity index (χ2n) is 8.66. The van der Waals surface area contributed by atoms with Crippen LogP contribution in [-0.4, -0.2) is 51.8 Å². The van der Waals surface area contributed by atoms with Crippen molar-refractivity contribution < 1.29 is 14.2 Å².